The van der Waals surface area contributed by atoms with Gasteiger partial charge in [-0.05, 0) is 110 Å². The van der Waals surface area contributed by atoms with Crippen LogP contribution in [0.25, 0.3) is 22.5 Å². The molecule has 0 fully saturated rings. The van der Waals surface area contributed by atoms with Gasteiger partial charge < -0.3 is 14.2 Å². The summed E-state index contributed by atoms with van der Waals surface area (Å²) >= 11 is 0. The Morgan fingerprint density at radius 1 is 0.436 bits per heavy atom. The molecule has 0 aliphatic carbocycles. The molecule has 0 amide bonds. The molecule has 0 spiro atoms. The van der Waals surface area contributed by atoms with Crippen molar-refractivity contribution >= 4 is 0 Å². The molecular formula is C48H54N4O3. The molecular weight excluding hydrogens is 681 g/mol. The Bertz CT molecular complexity index is 1850. The third kappa shape index (κ3) is 10.9. The Labute approximate surface area is 327 Å². The molecule has 6 rings (SSSR count). The van der Waals surface area contributed by atoms with Gasteiger partial charge in [0.15, 0.2) is 0 Å². The zero-order valence-corrected chi connectivity index (χ0v) is 32.8. The summed E-state index contributed by atoms with van der Waals surface area (Å²) in [6, 6.07) is 33.4. The van der Waals surface area contributed by atoms with E-state index in [2.05, 4.69) is 62.4 Å². The number of unbranched alkanes of at least 4 members (excludes halogenated alkanes) is 4. The number of aromatic nitrogens is 4. The molecule has 0 aliphatic heterocycles. The molecule has 0 radical (unpaired) electrons. The van der Waals surface area contributed by atoms with E-state index in [0.29, 0.717) is 24.6 Å². The normalized spacial score (nSPS) is 12.3. The first-order valence-corrected chi connectivity index (χ1v) is 20.0. The van der Waals surface area contributed by atoms with Gasteiger partial charge in [-0.15, -0.1) is 0 Å². The summed E-state index contributed by atoms with van der Waals surface area (Å²) in [6.45, 7) is 9.68. The van der Waals surface area contributed by atoms with Crippen LogP contribution in [0.2, 0.25) is 0 Å². The average Bonchev–Trinajstić information content (AvgIpc) is 3.23. The van der Waals surface area contributed by atoms with Gasteiger partial charge in [-0.2, -0.15) is 0 Å². The van der Waals surface area contributed by atoms with Crippen molar-refractivity contribution in [2.45, 2.75) is 91.3 Å². The number of ether oxygens (including phenoxy) is 3. The van der Waals surface area contributed by atoms with Crippen molar-refractivity contribution in [2.24, 2.45) is 0 Å². The van der Waals surface area contributed by atoms with Crippen LogP contribution < -0.4 is 9.47 Å². The highest BCUT2D eigenvalue weighted by molar-refractivity contribution is 5.60. The SMILES string of the molecule is CCCCCc1ccc(C(OC(c2ccc(CCCCC)cc2)c2cnc(-c3ccc(OCC)cc3)cn2)c2cnc(-c3ccc(OCC)cc3)cn2)cc1. The fraction of sp³-hybridized carbons (Fsp3) is 0.333. The molecule has 2 unspecified atom stereocenters. The third-order valence-corrected chi connectivity index (χ3v) is 9.78. The number of aryl methyl sites for hydroxylation is 2. The lowest BCUT2D eigenvalue weighted by molar-refractivity contribution is 0.0258. The molecule has 0 N–H and O–H groups in total. The van der Waals surface area contributed by atoms with E-state index < -0.39 is 12.2 Å². The van der Waals surface area contributed by atoms with Crippen molar-refractivity contribution in [2.75, 3.05) is 13.2 Å². The van der Waals surface area contributed by atoms with Crippen molar-refractivity contribution in [1.29, 1.82) is 0 Å². The molecule has 6 aromatic rings. The molecule has 2 aromatic heterocycles. The minimum Gasteiger partial charge on any atom is -0.494 e. The second-order valence-corrected chi connectivity index (χ2v) is 13.9. The van der Waals surface area contributed by atoms with Gasteiger partial charge in [0.25, 0.3) is 0 Å². The first-order chi connectivity index (χ1) is 27.1. The van der Waals surface area contributed by atoms with Gasteiger partial charge in [0.2, 0.25) is 0 Å². The summed E-state index contributed by atoms with van der Waals surface area (Å²) < 4.78 is 18.5. The van der Waals surface area contributed by atoms with Gasteiger partial charge in [0, 0.05) is 11.1 Å². The summed E-state index contributed by atoms with van der Waals surface area (Å²) in [4.78, 5) is 19.7. The summed E-state index contributed by atoms with van der Waals surface area (Å²) in [5.74, 6) is 1.66. The zero-order chi connectivity index (χ0) is 38.2. The van der Waals surface area contributed by atoms with Crippen LogP contribution in [-0.4, -0.2) is 33.1 Å². The fourth-order valence-corrected chi connectivity index (χ4v) is 6.67. The minimum atomic E-state index is -0.520. The Morgan fingerprint density at radius 3 is 1.16 bits per heavy atom. The predicted octanol–water partition coefficient (Wildman–Crippen LogP) is 11.8. The number of hydrogen-bond donors (Lipinski definition) is 0. The number of nitrogens with zero attached hydrogens (tertiary/aromatic N) is 4. The van der Waals surface area contributed by atoms with Gasteiger partial charge in [-0.3, -0.25) is 19.9 Å². The van der Waals surface area contributed by atoms with Gasteiger partial charge in [0.1, 0.15) is 23.7 Å². The Morgan fingerprint density at radius 2 is 0.836 bits per heavy atom. The summed E-state index contributed by atoms with van der Waals surface area (Å²) in [5, 5.41) is 0. The topological polar surface area (TPSA) is 79.2 Å². The molecule has 4 aromatic carbocycles. The fourth-order valence-electron chi connectivity index (χ4n) is 6.67. The van der Waals surface area contributed by atoms with Crippen LogP contribution in [0.3, 0.4) is 0 Å². The third-order valence-electron chi connectivity index (χ3n) is 9.78. The average molecular weight is 735 g/mol. The van der Waals surface area contributed by atoms with Crippen LogP contribution in [0.1, 0.15) is 112 Å². The highest BCUT2D eigenvalue weighted by Gasteiger charge is 2.26. The van der Waals surface area contributed by atoms with Gasteiger partial charge in [-0.1, -0.05) is 88.1 Å². The van der Waals surface area contributed by atoms with Crippen LogP contribution in [0, 0.1) is 0 Å². The van der Waals surface area contributed by atoms with Gasteiger partial charge in [-0.25, -0.2) is 0 Å². The quantitative estimate of drug-likeness (QED) is 0.0722. The van der Waals surface area contributed by atoms with E-state index in [0.717, 1.165) is 58.0 Å². The van der Waals surface area contributed by atoms with Crippen LogP contribution in [-0.2, 0) is 17.6 Å². The number of rotatable bonds is 20. The van der Waals surface area contributed by atoms with Crippen LogP contribution in [0.4, 0.5) is 0 Å². The summed E-state index contributed by atoms with van der Waals surface area (Å²) in [7, 11) is 0. The van der Waals surface area contributed by atoms with Gasteiger partial charge >= 0.3 is 0 Å². The number of hydrogen-bond acceptors (Lipinski definition) is 7. The van der Waals surface area contributed by atoms with E-state index >= 15 is 0 Å². The Kier molecular flexibility index (Phi) is 14.5. The smallest absolute Gasteiger partial charge is 0.127 e. The van der Waals surface area contributed by atoms with Crippen molar-refractivity contribution < 1.29 is 14.2 Å². The maximum atomic E-state index is 7.21. The Hall–Kier alpha value is -5.40. The minimum absolute atomic E-state index is 0.520. The molecule has 2 heterocycles. The van der Waals surface area contributed by atoms with Crippen LogP contribution in [0.5, 0.6) is 11.5 Å². The Balaban J connectivity index is 1.35. The lowest BCUT2D eigenvalue weighted by Gasteiger charge is -2.25. The van der Waals surface area contributed by atoms with E-state index in [-0.39, 0.29) is 0 Å². The van der Waals surface area contributed by atoms with Crippen molar-refractivity contribution in [3.63, 3.8) is 0 Å². The van der Waals surface area contributed by atoms with E-state index in [1.165, 1.54) is 49.7 Å². The standard InChI is InChI=1S/C48H54N4O3/c1-5-9-11-13-35-15-19-39(20-16-35)47(45-33-49-43(31-51-45)37-23-27-41(28-24-37)53-7-3)55-48(40-21-17-36(18-22-40)14-12-10-6-2)46-34-50-44(32-52-46)38-25-29-42(30-26-38)54-8-4/h15-34,47-48H,5-14H2,1-4H3. The van der Waals surface area contributed by atoms with Crippen LogP contribution in [0.15, 0.2) is 122 Å². The molecule has 0 saturated heterocycles. The molecule has 55 heavy (non-hydrogen) atoms. The van der Waals surface area contributed by atoms with E-state index in [1.807, 2.05) is 87.2 Å². The van der Waals surface area contributed by atoms with Crippen molar-refractivity contribution in [3.05, 3.63) is 155 Å². The second kappa shape index (κ2) is 20.3. The molecule has 0 aliphatic rings. The maximum Gasteiger partial charge on any atom is 0.127 e. The largest absolute Gasteiger partial charge is 0.494 e. The zero-order valence-electron chi connectivity index (χ0n) is 32.8. The molecule has 284 valence electrons. The van der Waals surface area contributed by atoms with E-state index in [1.54, 1.807) is 0 Å². The maximum absolute atomic E-state index is 7.21. The second-order valence-electron chi connectivity index (χ2n) is 13.9. The summed E-state index contributed by atoms with van der Waals surface area (Å²) in [5.41, 5.74) is 9.57. The summed E-state index contributed by atoms with van der Waals surface area (Å²) in [6.07, 6.45) is 15.6. The molecule has 0 saturated carbocycles. The molecule has 0 bridgehead atoms. The monoisotopic (exact) mass is 734 g/mol. The lowest BCUT2D eigenvalue weighted by Crippen LogP contribution is -2.16. The van der Waals surface area contributed by atoms with Gasteiger partial charge in [0.05, 0.1) is 60.8 Å². The predicted molar refractivity (Wildman–Crippen MR) is 221 cm³/mol. The molecule has 7 heteroatoms. The van der Waals surface area contributed by atoms with E-state index in [9.17, 15) is 0 Å². The van der Waals surface area contributed by atoms with E-state index in [4.69, 9.17) is 34.1 Å². The van der Waals surface area contributed by atoms with Crippen LogP contribution >= 0.6 is 0 Å². The highest BCUT2D eigenvalue weighted by atomic mass is 16.5. The first-order valence-electron chi connectivity index (χ1n) is 20.0. The van der Waals surface area contributed by atoms with Crippen molar-refractivity contribution in [1.82, 2.24) is 19.9 Å². The molecule has 2 atom stereocenters. The highest BCUT2D eigenvalue weighted by Crippen LogP contribution is 2.36. The van der Waals surface area contributed by atoms with Crippen molar-refractivity contribution in [3.8, 4) is 34.0 Å². The first kappa shape index (κ1) is 39.3. The molecule has 7 nitrogen and oxygen atoms in total. The number of benzene rings is 4. The lowest BCUT2D eigenvalue weighted by atomic mass is 9.99.